The van der Waals surface area contributed by atoms with Gasteiger partial charge < -0.3 is 10.1 Å². The van der Waals surface area contributed by atoms with Gasteiger partial charge in [0, 0.05) is 5.56 Å². The second-order valence-electron chi connectivity index (χ2n) is 9.06. The molecule has 2 atom stereocenters. The van der Waals surface area contributed by atoms with Crippen molar-refractivity contribution in [3.8, 4) is 17.0 Å². The molecule has 0 bridgehead atoms. The van der Waals surface area contributed by atoms with Gasteiger partial charge in [0.25, 0.3) is 5.91 Å². The number of methoxy groups -OCH3 is 1. The molecule has 10 heteroatoms. The van der Waals surface area contributed by atoms with Gasteiger partial charge in [0.2, 0.25) is 0 Å². The number of rotatable bonds is 8. The predicted octanol–water partition coefficient (Wildman–Crippen LogP) is 7.47. The lowest BCUT2D eigenvalue weighted by molar-refractivity contribution is -0.142. The molecular weight excluding hydrogens is 517 g/mol. The van der Waals surface area contributed by atoms with Crippen molar-refractivity contribution in [2.45, 2.75) is 51.7 Å². The molecule has 0 saturated heterocycles. The third-order valence-corrected chi connectivity index (χ3v) is 6.99. The molecule has 0 spiro atoms. The number of aromatic nitrogens is 3. The molecule has 0 aliphatic carbocycles. The molecule has 4 aromatic rings. The quantitative estimate of drug-likeness (QED) is 0.250. The molecule has 1 amide bonds. The molecule has 4 rings (SSSR count). The van der Waals surface area contributed by atoms with Crippen molar-refractivity contribution in [3.05, 3.63) is 82.1 Å². The van der Waals surface area contributed by atoms with E-state index in [0.717, 1.165) is 18.1 Å². The molecule has 0 fully saturated rings. The fourth-order valence-electron chi connectivity index (χ4n) is 4.21. The van der Waals surface area contributed by atoms with E-state index in [4.69, 9.17) is 16.3 Å². The van der Waals surface area contributed by atoms with Gasteiger partial charge in [0.15, 0.2) is 17.0 Å². The van der Waals surface area contributed by atoms with E-state index in [2.05, 4.69) is 29.2 Å². The first-order chi connectivity index (χ1) is 18.1. The average molecular weight is 545 g/mol. The summed E-state index contributed by atoms with van der Waals surface area (Å²) in [5.41, 5.74) is 0.782. The maximum atomic E-state index is 14.0. The van der Waals surface area contributed by atoms with E-state index in [-0.39, 0.29) is 28.1 Å². The van der Waals surface area contributed by atoms with Crippen LogP contribution in [0.2, 0.25) is 5.02 Å². The van der Waals surface area contributed by atoms with Crippen molar-refractivity contribution in [2.24, 2.45) is 0 Å². The van der Waals surface area contributed by atoms with Crippen molar-refractivity contribution >= 4 is 23.2 Å². The summed E-state index contributed by atoms with van der Waals surface area (Å²) in [6, 6.07) is 14.9. The predicted molar refractivity (Wildman–Crippen MR) is 141 cm³/mol. The molecule has 2 heterocycles. The summed E-state index contributed by atoms with van der Waals surface area (Å²) >= 11 is 6.44. The van der Waals surface area contributed by atoms with Crippen LogP contribution in [0, 0.1) is 0 Å². The number of halogens is 4. The summed E-state index contributed by atoms with van der Waals surface area (Å²) in [4.78, 5) is 17.5. The van der Waals surface area contributed by atoms with Gasteiger partial charge in [-0.3, -0.25) is 4.79 Å². The minimum atomic E-state index is -4.78. The highest BCUT2D eigenvalue weighted by molar-refractivity contribution is 6.36. The highest BCUT2D eigenvalue weighted by atomic mass is 35.5. The second kappa shape index (κ2) is 11.0. The van der Waals surface area contributed by atoms with Gasteiger partial charge in [0.1, 0.15) is 10.8 Å². The Morgan fingerprint density at radius 3 is 2.37 bits per heavy atom. The Morgan fingerprint density at radius 1 is 1.08 bits per heavy atom. The van der Waals surface area contributed by atoms with Crippen LogP contribution in [0.15, 0.2) is 54.6 Å². The summed E-state index contributed by atoms with van der Waals surface area (Å²) in [5, 5.41) is 6.54. The lowest BCUT2D eigenvalue weighted by atomic mass is 9.95. The molecule has 2 unspecified atom stereocenters. The number of amides is 1. The minimum Gasteiger partial charge on any atom is -0.497 e. The van der Waals surface area contributed by atoms with Crippen LogP contribution in [0.4, 0.5) is 13.2 Å². The zero-order valence-electron chi connectivity index (χ0n) is 21.4. The Kier molecular flexibility index (Phi) is 7.97. The normalized spacial score (nSPS) is 13.4. The van der Waals surface area contributed by atoms with Crippen LogP contribution in [0.25, 0.3) is 16.9 Å². The molecule has 6 nitrogen and oxygen atoms in total. The maximum Gasteiger partial charge on any atom is 0.433 e. The molecule has 2 aromatic heterocycles. The van der Waals surface area contributed by atoms with Gasteiger partial charge >= 0.3 is 6.18 Å². The van der Waals surface area contributed by atoms with E-state index >= 15 is 0 Å². The third kappa shape index (κ3) is 5.48. The number of nitrogens with zero attached hydrogens (tertiary/aromatic N) is 3. The van der Waals surface area contributed by atoms with Crippen molar-refractivity contribution < 1.29 is 22.7 Å². The highest BCUT2D eigenvalue weighted by Gasteiger charge is 2.37. The Morgan fingerprint density at radius 2 is 1.76 bits per heavy atom. The minimum absolute atomic E-state index is 0.0188. The van der Waals surface area contributed by atoms with E-state index < -0.39 is 17.8 Å². The SMILES string of the molecule is CCC(C)c1ccc(C(CC)NC(=O)c2nn3c(C(F)(F)F)cc(-c4cccc(OC)c4)nc3c2Cl)cc1. The van der Waals surface area contributed by atoms with E-state index in [1.807, 2.05) is 31.2 Å². The average Bonchev–Trinajstić information content (AvgIpc) is 3.26. The third-order valence-electron chi connectivity index (χ3n) is 6.64. The van der Waals surface area contributed by atoms with Crippen LogP contribution < -0.4 is 10.1 Å². The summed E-state index contributed by atoms with van der Waals surface area (Å²) < 4.78 is 47.9. The number of benzene rings is 2. The Hall–Kier alpha value is -3.59. The zero-order chi connectivity index (χ0) is 27.6. The standard InChI is InChI=1S/C28H28ClF3N4O2/c1-5-16(3)17-10-12-18(13-11-17)21(6-2)34-27(37)25-24(29)26-33-22(19-8-7-9-20(14-19)38-4)15-23(28(30,31)32)36(26)35-25/h7-16,21H,5-6H2,1-4H3,(H,34,37). The number of carbonyl (C=O) groups is 1. The number of nitrogens with one attached hydrogen (secondary N) is 1. The van der Waals surface area contributed by atoms with Crippen LogP contribution in [0.3, 0.4) is 0 Å². The molecule has 0 saturated carbocycles. The first-order valence-electron chi connectivity index (χ1n) is 12.3. The first-order valence-corrected chi connectivity index (χ1v) is 12.7. The molecule has 0 aliphatic rings. The van der Waals surface area contributed by atoms with Crippen LogP contribution in [-0.4, -0.2) is 27.6 Å². The number of hydrogen-bond donors (Lipinski definition) is 1. The van der Waals surface area contributed by atoms with Gasteiger partial charge in [-0.25, -0.2) is 9.50 Å². The molecule has 38 heavy (non-hydrogen) atoms. The largest absolute Gasteiger partial charge is 0.497 e. The number of fused-ring (bicyclic) bond motifs is 1. The van der Waals surface area contributed by atoms with E-state index in [9.17, 15) is 18.0 Å². The fourth-order valence-corrected chi connectivity index (χ4v) is 4.46. The van der Waals surface area contributed by atoms with Gasteiger partial charge in [0.05, 0.1) is 18.8 Å². The number of alkyl halides is 3. The number of hydrogen-bond acceptors (Lipinski definition) is 4. The van der Waals surface area contributed by atoms with Gasteiger partial charge in [-0.15, -0.1) is 0 Å². The van der Waals surface area contributed by atoms with Gasteiger partial charge in [-0.2, -0.15) is 18.3 Å². The number of carbonyl (C=O) groups excluding carboxylic acids is 1. The zero-order valence-corrected chi connectivity index (χ0v) is 22.2. The molecule has 200 valence electrons. The molecule has 0 radical (unpaired) electrons. The smallest absolute Gasteiger partial charge is 0.433 e. The summed E-state index contributed by atoms with van der Waals surface area (Å²) in [6.45, 7) is 6.16. The van der Waals surface area contributed by atoms with E-state index in [1.165, 1.54) is 12.7 Å². The van der Waals surface area contributed by atoms with Crippen molar-refractivity contribution in [1.29, 1.82) is 0 Å². The van der Waals surface area contributed by atoms with Gasteiger partial charge in [-0.05, 0) is 48.1 Å². The van der Waals surface area contributed by atoms with Crippen molar-refractivity contribution in [3.63, 3.8) is 0 Å². The first kappa shape index (κ1) is 27.4. The van der Waals surface area contributed by atoms with Crippen LogP contribution in [-0.2, 0) is 6.18 Å². The molecule has 0 aliphatic heterocycles. The second-order valence-corrected chi connectivity index (χ2v) is 9.44. The Bertz CT molecular complexity index is 1450. The summed E-state index contributed by atoms with van der Waals surface area (Å²) in [7, 11) is 1.46. The topological polar surface area (TPSA) is 68.5 Å². The van der Waals surface area contributed by atoms with E-state index in [0.29, 0.717) is 28.2 Å². The van der Waals surface area contributed by atoms with E-state index in [1.54, 1.807) is 24.3 Å². The Balaban J connectivity index is 1.72. The van der Waals surface area contributed by atoms with Crippen LogP contribution >= 0.6 is 11.6 Å². The van der Waals surface area contributed by atoms with Crippen LogP contribution in [0.5, 0.6) is 5.75 Å². The number of ether oxygens (including phenoxy) is 1. The van der Waals surface area contributed by atoms with Gasteiger partial charge in [-0.1, -0.05) is 68.8 Å². The summed E-state index contributed by atoms with van der Waals surface area (Å²) in [6.07, 6.45) is -3.21. The molecule has 2 aromatic carbocycles. The van der Waals surface area contributed by atoms with Crippen LogP contribution in [0.1, 0.15) is 72.9 Å². The van der Waals surface area contributed by atoms with Crippen molar-refractivity contribution in [1.82, 2.24) is 19.9 Å². The molecule has 1 N–H and O–H groups in total. The Labute approximate surface area is 223 Å². The monoisotopic (exact) mass is 544 g/mol. The lowest BCUT2D eigenvalue weighted by Crippen LogP contribution is -2.28. The lowest BCUT2D eigenvalue weighted by Gasteiger charge is -2.18. The maximum absolute atomic E-state index is 14.0. The fraction of sp³-hybridized carbons (Fsp3) is 0.321. The molecular formula is C28H28ClF3N4O2. The highest BCUT2D eigenvalue weighted by Crippen LogP contribution is 2.35. The van der Waals surface area contributed by atoms with Crippen molar-refractivity contribution in [2.75, 3.05) is 7.11 Å². The summed E-state index contributed by atoms with van der Waals surface area (Å²) in [5.74, 6) is 0.183.